The summed E-state index contributed by atoms with van der Waals surface area (Å²) in [5.74, 6) is -4.48. The average Bonchev–Trinajstić information content (AvgIpc) is 3.51. The van der Waals surface area contributed by atoms with Gasteiger partial charge >= 0.3 is 5.97 Å². The molecule has 0 saturated carbocycles. The number of aromatic nitrogens is 3. The van der Waals surface area contributed by atoms with Gasteiger partial charge in [-0.3, -0.25) is 19.2 Å². The maximum atomic E-state index is 12.7. The largest absolute Gasteiger partial charge is 0.480 e. The Bertz CT molecular complexity index is 1270. The van der Waals surface area contributed by atoms with Crippen LogP contribution in [0.4, 0.5) is 0 Å². The van der Waals surface area contributed by atoms with E-state index in [0.717, 1.165) is 16.5 Å². The highest BCUT2D eigenvalue weighted by molar-refractivity contribution is 5.95. The number of aliphatic carboxylic acids is 1. The number of carboxylic acid groups (broad SMARTS) is 1. The highest BCUT2D eigenvalue weighted by atomic mass is 16.4. The minimum absolute atomic E-state index is 0.0519. The van der Waals surface area contributed by atoms with Crippen LogP contribution in [0.2, 0.25) is 0 Å². The van der Waals surface area contributed by atoms with E-state index in [0.29, 0.717) is 5.69 Å². The first-order valence-electron chi connectivity index (χ1n) is 11.3. The molecule has 0 aliphatic carbocycles. The quantitative estimate of drug-likeness (QED) is 0.128. The van der Waals surface area contributed by atoms with Gasteiger partial charge in [0.1, 0.15) is 12.1 Å². The standard InChI is InChI=1S/C23H28N8O6/c24-15(5-12-8-27-16-4-2-1-3-14(12)16)21(34)31-17(7-19(25)32)22(35)28-10-20(33)30-18(23(36)37)6-13-9-26-11-29-13/h1-4,8-9,11,15,17-18,27H,5-7,10,24H2,(H2,25,32)(H,26,29)(H,28,35)(H,30,33)(H,31,34)(H,36,37). The van der Waals surface area contributed by atoms with Crippen molar-refractivity contribution >= 4 is 40.5 Å². The fraction of sp³-hybridized carbons (Fsp3) is 0.304. The number of nitrogens with two attached hydrogens (primary N) is 2. The minimum Gasteiger partial charge on any atom is -0.480 e. The number of carbonyl (C=O) groups is 5. The summed E-state index contributed by atoms with van der Waals surface area (Å²) >= 11 is 0. The van der Waals surface area contributed by atoms with E-state index < -0.39 is 60.7 Å². The van der Waals surface area contributed by atoms with Crippen molar-refractivity contribution in [3.8, 4) is 0 Å². The molecule has 0 saturated heterocycles. The molecule has 3 rings (SSSR count). The number of H-pyrrole nitrogens is 2. The Balaban J connectivity index is 1.55. The topological polar surface area (TPSA) is 238 Å². The molecule has 196 valence electrons. The maximum Gasteiger partial charge on any atom is 0.326 e. The third-order valence-electron chi connectivity index (χ3n) is 5.53. The Hall–Kier alpha value is -4.72. The Kier molecular flexibility index (Phi) is 8.94. The van der Waals surface area contributed by atoms with E-state index in [1.54, 1.807) is 6.20 Å². The zero-order valence-corrected chi connectivity index (χ0v) is 19.7. The molecule has 0 spiro atoms. The molecule has 0 aliphatic heterocycles. The summed E-state index contributed by atoms with van der Waals surface area (Å²) < 4.78 is 0. The highest BCUT2D eigenvalue weighted by Gasteiger charge is 2.27. The van der Waals surface area contributed by atoms with Crippen molar-refractivity contribution in [3.63, 3.8) is 0 Å². The molecule has 0 fully saturated rings. The Morgan fingerprint density at radius 3 is 2.43 bits per heavy atom. The fourth-order valence-corrected chi connectivity index (χ4v) is 3.67. The molecule has 0 radical (unpaired) electrons. The van der Waals surface area contributed by atoms with Gasteiger partial charge in [0.05, 0.1) is 25.3 Å². The lowest BCUT2D eigenvalue weighted by Gasteiger charge is -2.20. The van der Waals surface area contributed by atoms with Gasteiger partial charge in [0.15, 0.2) is 0 Å². The van der Waals surface area contributed by atoms with Crippen molar-refractivity contribution in [2.24, 2.45) is 11.5 Å². The van der Waals surface area contributed by atoms with E-state index >= 15 is 0 Å². The van der Waals surface area contributed by atoms with Gasteiger partial charge < -0.3 is 42.5 Å². The number of rotatable bonds is 13. The van der Waals surface area contributed by atoms with Crippen molar-refractivity contribution in [1.29, 1.82) is 0 Å². The summed E-state index contributed by atoms with van der Waals surface area (Å²) in [6.45, 7) is -0.599. The van der Waals surface area contributed by atoms with Gasteiger partial charge in [-0.15, -0.1) is 0 Å². The van der Waals surface area contributed by atoms with Gasteiger partial charge in [-0.05, 0) is 18.1 Å². The van der Waals surface area contributed by atoms with Crippen LogP contribution in [-0.2, 0) is 36.8 Å². The van der Waals surface area contributed by atoms with Crippen molar-refractivity contribution in [3.05, 3.63) is 54.2 Å². The molecule has 14 heteroatoms. The van der Waals surface area contributed by atoms with E-state index in [4.69, 9.17) is 11.5 Å². The lowest BCUT2D eigenvalue weighted by atomic mass is 10.0. The maximum absolute atomic E-state index is 12.7. The van der Waals surface area contributed by atoms with Gasteiger partial charge in [-0.1, -0.05) is 18.2 Å². The Labute approximate surface area is 210 Å². The van der Waals surface area contributed by atoms with Crippen molar-refractivity contribution in [2.45, 2.75) is 37.4 Å². The summed E-state index contributed by atoms with van der Waals surface area (Å²) in [6, 6.07) is 3.78. The van der Waals surface area contributed by atoms with Crippen molar-refractivity contribution < 1.29 is 29.1 Å². The molecule has 2 heterocycles. The van der Waals surface area contributed by atoms with Crippen LogP contribution in [0.25, 0.3) is 10.9 Å². The van der Waals surface area contributed by atoms with Gasteiger partial charge in [-0.2, -0.15) is 0 Å². The van der Waals surface area contributed by atoms with E-state index in [-0.39, 0.29) is 12.8 Å². The number of carbonyl (C=O) groups excluding carboxylic acids is 4. The number of nitrogens with one attached hydrogen (secondary N) is 5. The summed E-state index contributed by atoms with van der Waals surface area (Å²) in [5.41, 5.74) is 13.4. The minimum atomic E-state index is -1.38. The summed E-state index contributed by atoms with van der Waals surface area (Å²) in [6.07, 6.45) is 4.11. The second-order valence-electron chi connectivity index (χ2n) is 8.36. The van der Waals surface area contributed by atoms with Crippen molar-refractivity contribution in [1.82, 2.24) is 30.9 Å². The smallest absolute Gasteiger partial charge is 0.326 e. The van der Waals surface area contributed by atoms with E-state index in [1.807, 2.05) is 24.3 Å². The van der Waals surface area contributed by atoms with Crippen molar-refractivity contribution in [2.75, 3.05) is 6.54 Å². The van der Waals surface area contributed by atoms with Crippen LogP contribution >= 0.6 is 0 Å². The zero-order valence-electron chi connectivity index (χ0n) is 19.7. The third kappa shape index (κ3) is 7.63. The van der Waals surface area contributed by atoms with E-state index in [2.05, 4.69) is 30.9 Å². The number of benzene rings is 1. The number of nitrogens with zero attached hydrogens (tertiary/aromatic N) is 1. The number of hydrogen-bond donors (Lipinski definition) is 8. The molecule has 3 atom stereocenters. The molecule has 14 nitrogen and oxygen atoms in total. The monoisotopic (exact) mass is 512 g/mol. The number of carboxylic acids is 1. The fourth-order valence-electron chi connectivity index (χ4n) is 3.67. The number of primary amides is 1. The van der Waals surface area contributed by atoms with Crippen LogP contribution in [0.15, 0.2) is 43.0 Å². The molecule has 10 N–H and O–H groups in total. The molecule has 1 aromatic carbocycles. The summed E-state index contributed by atoms with van der Waals surface area (Å²) in [7, 11) is 0. The van der Waals surface area contributed by atoms with Gasteiger partial charge in [0, 0.05) is 35.4 Å². The first kappa shape index (κ1) is 26.9. The number of aromatic amines is 2. The Morgan fingerprint density at radius 2 is 1.76 bits per heavy atom. The highest BCUT2D eigenvalue weighted by Crippen LogP contribution is 2.18. The number of amides is 4. The molecule has 3 unspecified atom stereocenters. The number of hydrogen-bond acceptors (Lipinski definition) is 7. The first-order valence-corrected chi connectivity index (χ1v) is 11.3. The molecule has 4 amide bonds. The Morgan fingerprint density at radius 1 is 1.00 bits per heavy atom. The molecule has 3 aromatic rings. The van der Waals surface area contributed by atoms with Crippen LogP contribution < -0.4 is 27.4 Å². The summed E-state index contributed by atoms with van der Waals surface area (Å²) in [4.78, 5) is 70.1. The third-order valence-corrected chi connectivity index (χ3v) is 5.53. The van der Waals surface area contributed by atoms with E-state index in [9.17, 15) is 29.1 Å². The molecule has 37 heavy (non-hydrogen) atoms. The van der Waals surface area contributed by atoms with Crippen LogP contribution in [0, 0.1) is 0 Å². The molecular formula is C23H28N8O6. The van der Waals surface area contributed by atoms with Crippen LogP contribution in [0.3, 0.4) is 0 Å². The molecular weight excluding hydrogens is 484 g/mol. The number of imidazole rings is 1. The predicted molar refractivity (Wildman–Crippen MR) is 131 cm³/mol. The van der Waals surface area contributed by atoms with Gasteiger partial charge in [0.2, 0.25) is 23.6 Å². The predicted octanol–water partition coefficient (Wildman–Crippen LogP) is -1.95. The normalized spacial score (nSPS) is 13.3. The molecule has 0 bridgehead atoms. The van der Waals surface area contributed by atoms with Crippen LogP contribution in [0.1, 0.15) is 17.7 Å². The summed E-state index contributed by atoms with van der Waals surface area (Å²) in [5, 5.41) is 17.2. The van der Waals surface area contributed by atoms with Gasteiger partial charge in [0.25, 0.3) is 0 Å². The number of para-hydroxylation sites is 1. The average molecular weight is 513 g/mol. The van der Waals surface area contributed by atoms with Gasteiger partial charge in [-0.25, -0.2) is 9.78 Å². The first-order chi connectivity index (χ1) is 17.6. The zero-order chi connectivity index (χ0) is 26.9. The molecule has 0 aliphatic rings. The van der Waals surface area contributed by atoms with Crippen LogP contribution in [0.5, 0.6) is 0 Å². The van der Waals surface area contributed by atoms with Crippen LogP contribution in [-0.4, -0.2) is 74.3 Å². The lowest BCUT2D eigenvalue weighted by molar-refractivity contribution is -0.141. The van der Waals surface area contributed by atoms with E-state index in [1.165, 1.54) is 12.5 Å². The SMILES string of the molecule is NC(=O)CC(NC(=O)C(N)Cc1c[nH]c2ccccc12)C(=O)NCC(=O)NC(Cc1cnc[nH]1)C(=O)O. The lowest BCUT2D eigenvalue weighted by Crippen LogP contribution is -2.54. The number of fused-ring (bicyclic) bond motifs is 1. The second-order valence-corrected chi connectivity index (χ2v) is 8.36. The molecule has 2 aromatic heterocycles. The second kappa shape index (κ2) is 12.3.